The molecular weight excluding hydrogens is 268 g/mol. The molecule has 0 saturated carbocycles. The number of rotatable bonds is 5. The number of likely N-dealkylation sites (tertiary alicyclic amines) is 1. The molecular formula is C16H22N2O3. The second-order valence-corrected chi connectivity index (χ2v) is 5.46. The van der Waals surface area contributed by atoms with E-state index in [1.165, 1.54) is 0 Å². The molecule has 114 valence electrons. The standard InChI is InChI=1S/C16H22N2O3/c1-4-13(21-14-8-6-5-7-11(14)2)16(20)17-12-9-15(19)18(3)10-12/h5-8,12-13H,4,9-10H2,1-3H3,(H,17,20)/t12-,13+/m0/s1. The molecule has 0 unspecified atom stereocenters. The van der Waals surface area contributed by atoms with Gasteiger partial charge in [-0.1, -0.05) is 25.1 Å². The number of carbonyl (C=O) groups is 2. The first-order valence-corrected chi connectivity index (χ1v) is 7.28. The summed E-state index contributed by atoms with van der Waals surface area (Å²) in [4.78, 5) is 25.4. The molecule has 1 aromatic carbocycles. The summed E-state index contributed by atoms with van der Waals surface area (Å²) in [7, 11) is 1.75. The highest BCUT2D eigenvalue weighted by molar-refractivity contribution is 5.84. The fourth-order valence-electron chi connectivity index (χ4n) is 2.42. The molecule has 0 aromatic heterocycles. The van der Waals surface area contributed by atoms with E-state index in [1.54, 1.807) is 11.9 Å². The van der Waals surface area contributed by atoms with Crippen LogP contribution in [0, 0.1) is 6.92 Å². The summed E-state index contributed by atoms with van der Waals surface area (Å²) in [5.74, 6) is 0.626. The van der Waals surface area contributed by atoms with Gasteiger partial charge in [0.05, 0.1) is 6.04 Å². The van der Waals surface area contributed by atoms with Crippen LogP contribution in [0.1, 0.15) is 25.3 Å². The lowest BCUT2D eigenvalue weighted by Gasteiger charge is -2.20. The van der Waals surface area contributed by atoms with Gasteiger partial charge < -0.3 is 15.0 Å². The van der Waals surface area contributed by atoms with E-state index in [1.807, 2.05) is 38.1 Å². The Morgan fingerprint density at radius 1 is 1.48 bits per heavy atom. The summed E-state index contributed by atoms with van der Waals surface area (Å²) < 4.78 is 5.81. The molecule has 5 heteroatoms. The average molecular weight is 290 g/mol. The lowest BCUT2D eigenvalue weighted by molar-refractivity contribution is -0.128. The minimum Gasteiger partial charge on any atom is -0.480 e. The van der Waals surface area contributed by atoms with Crippen molar-refractivity contribution in [2.45, 2.75) is 38.8 Å². The van der Waals surface area contributed by atoms with Crippen molar-refractivity contribution in [2.75, 3.05) is 13.6 Å². The van der Waals surface area contributed by atoms with E-state index in [2.05, 4.69) is 5.32 Å². The largest absolute Gasteiger partial charge is 0.480 e. The molecule has 1 heterocycles. The molecule has 2 rings (SSSR count). The summed E-state index contributed by atoms with van der Waals surface area (Å²) in [6.07, 6.45) is 0.409. The van der Waals surface area contributed by atoms with E-state index in [0.717, 1.165) is 11.3 Å². The van der Waals surface area contributed by atoms with Crippen molar-refractivity contribution in [2.24, 2.45) is 0 Å². The number of likely N-dealkylation sites (N-methyl/N-ethyl adjacent to an activating group) is 1. The zero-order valence-electron chi connectivity index (χ0n) is 12.8. The Morgan fingerprint density at radius 3 is 2.76 bits per heavy atom. The quantitative estimate of drug-likeness (QED) is 0.894. The molecule has 0 spiro atoms. The molecule has 0 radical (unpaired) electrons. The summed E-state index contributed by atoms with van der Waals surface area (Å²) in [6, 6.07) is 7.51. The number of amides is 2. The van der Waals surface area contributed by atoms with Crippen molar-refractivity contribution in [1.29, 1.82) is 0 Å². The molecule has 2 atom stereocenters. The van der Waals surface area contributed by atoms with E-state index in [-0.39, 0.29) is 17.9 Å². The number of para-hydroxylation sites is 1. The Hall–Kier alpha value is -2.04. The fourth-order valence-corrected chi connectivity index (χ4v) is 2.42. The molecule has 0 aliphatic carbocycles. The topological polar surface area (TPSA) is 58.6 Å². The summed E-state index contributed by atoms with van der Waals surface area (Å²) in [6.45, 7) is 4.42. The maximum atomic E-state index is 12.3. The number of carbonyl (C=O) groups excluding carboxylic acids is 2. The van der Waals surface area contributed by atoms with E-state index < -0.39 is 6.10 Å². The molecule has 21 heavy (non-hydrogen) atoms. The van der Waals surface area contributed by atoms with E-state index >= 15 is 0 Å². The molecule has 1 aliphatic heterocycles. The first-order valence-electron chi connectivity index (χ1n) is 7.28. The minimum atomic E-state index is -0.535. The third-order valence-corrected chi connectivity index (χ3v) is 3.71. The van der Waals surface area contributed by atoms with Crippen molar-refractivity contribution in [1.82, 2.24) is 10.2 Å². The predicted octanol–water partition coefficient (Wildman–Crippen LogP) is 1.50. The maximum Gasteiger partial charge on any atom is 0.261 e. The number of nitrogens with one attached hydrogen (secondary N) is 1. The van der Waals surface area contributed by atoms with Crippen LogP contribution in [0.25, 0.3) is 0 Å². The van der Waals surface area contributed by atoms with Gasteiger partial charge in [-0.25, -0.2) is 0 Å². The van der Waals surface area contributed by atoms with Crippen molar-refractivity contribution < 1.29 is 14.3 Å². The van der Waals surface area contributed by atoms with Gasteiger partial charge in [-0.05, 0) is 25.0 Å². The highest BCUT2D eigenvalue weighted by Gasteiger charge is 2.30. The normalized spacial score (nSPS) is 19.5. The number of hydrogen-bond acceptors (Lipinski definition) is 3. The van der Waals surface area contributed by atoms with Gasteiger partial charge in [-0.2, -0.15) is 0 Å². The highest BCUT2D eigenvalue weighted by atomic mass is 16.5. The van der Waals surface area contributed by atoms with Crippen LogP contribution >= 0.6 is 0 Å². The van der Waals surface area contributed by atoms with Crippen LogP contribution in [0.2, 0.25) is 0 Å². The molecule has 1 aliphatic rings. The van der Waals surface area contributed by atoms with Gasteiger partial charge in [0.1, 0.15) is 5.75 Å². The van der Waals surface area contributed by atoms with Crippen molar-refractivity contribution >= 4 is 11.8 Å². The SMILES string of the molecule is CC[C@@H](Oc1ccccc1C)C(=O)N[C@H]1CC(=O)N(C)C1. The van der Waals surface area contributed by atoms with Crippen LogP contribution < -0.4 is 10.1 Å². The van der Waals surface area contributed by atoms with Gasteiger partial charge in [0, 0.05) is 20.0 Å². The smallest absolute Gasteiger partial charge is 0.261 e. The first-order chi connectivity index (χ1) is 10.0. The molecule has 1 N–H and O–H groups in total. The third kappa shape index (κ3) is 3.74. The lowest BCUT2D eigenvalue weighted by Crippen LogP contribution is -2.44. The molecule has 5 nitrogen and oxygen atoms in total. The van der Waals surface area contributed by atoms with Crippen molar-refractivity contribution in [3.05, 3.63) is 29.8 Å². The van der Waals surface area contributed by atoms with Crippen LogP contribution in [0.5, 0.6) is 5.75 Å². The van der Waals surface area contributed by atoms with E-state index in [9.17, 15) is 9.59 Å². The Balaban J connectivity index is 1.96. The Bertz CT molecular complexity index is 530. The summed E-state index contributed by atoms with van der Waals surface area (Å²) in [5, 5.41) is 2.90. The van der Waals surface area contributed by atoms with E-state index in [0.29, 0.717) is 19.4 Å². The van der Waals surface area contributed by atoms with Gasteiger partial charge in [0.15, 0.2) is 6.10 Å². The van der Waals surface area contributed by atoms with Gasteiger partial charge in [0.25, 0.3) is 5.91 Å². The number of ether oxygens (including phenoxy) is 1. The summed E-state index contributed by atoms with van der Waals surface area (Å²) >= 11 is 0. The van der Waals surface area contributed by atoms with Gasteiger partial charge >= 0.3 is 0 Å². The molecule has 1 saturated heterocycles. The van der Waals surface area contributed by atoms with Gasteiger partial charge in [0.2, 0.25) is 5.91 Å². The van der Waals surface area contributed by atoms with E-state index in [4.69, 9.17) is 4.74 Å². The predicted molar refractivity (Wildman–Crippen MR) is 80.1 cm³/mol. The third-order valence-electron chi connectivity index (χ3n) is 3.71. The second kappa shape index (κ2) is 6.61. The first kappa shape index (κ1) is 15.4. The van der Waals surface area contributed by atoms with Crippen LogP contribution in [-0.4, -0.2) is 42.5 Å². The van der Waals surface area contributed by atoms with Gasteiger partial charge in [-0.3, -0.25) is 9.59 Å². The molecule has 1 fully saturated rings. The number of nitrogens with zero attached hydrogens (tertiary/aromatic N) is 1. The van der Waals surface area contributed by atoms with Crippen LogP contribution in [0.4, 0.5) is 0 Å². The number of aryl methyl sites for hydroxylation is 1. The molecule has 0 bridgehead atoms. The monoisotopic (exact) mass is 290 g/mol. The lowest BCUT2D eigenvalue weighted by atomic mass is 10.2. The molecule has 1 aromatic rings. The van der Waals surface area contributed by atoms with Gasteiger partial charge in [-0.15, -0.1) is 0 Å². The number of benzene rings is 1. The van der Waals surface area contributed by atoms with Crippen LogP contribution in [0.15, 0.2) is 24.3 Å². The highest BCUT2D eigenvalue weighted by Crippen LogP contribution is 2.19. The Kier molecular flexibility index (Phi) is 4.83. The second-order valence-electron chi connectivity index (χ2n) is 5.46. The zero-order valence-corrected chi connectivity index (χ0v) is 12.8. The molecule has 2 amide bonds. The fraction of sp³-hybridized carbons (Fsp3) is 0.500. The van der Waals surface area contributed by atoms with Crippen molar-refractivity contribution in [3.8, 4) is 5.75 Å². The summed E-state index contributed by atoms with van der Waals surface area (Å²) in [5.41, 5.74) is 1.000. The maximum absolute atomic E-state index is 12.3. The van der Waals surface area contributed by atoms with Crippen LogP contribution in [0.3, 0.4) is 0 Å². The Morgan fingerprint density at radius 2 is 2.19 bits per heavy atom. The average Bonchev–Trinajstić information content (AvgIpc) is 2.76. The Labute approximate surface area is 125 Å². The van der Waals surface area contributed by atoms with Crippen molar-refractivity contribution in [3.63, 3.8) is 0 Å². The zero-order chi connectivity index (χ0) is 15.4. The minimum absolute atomic E-state index is 0.0631. The number of hydrogen-bond donors (Lipinski definition) is 1. The van der Waals surface area contributed by atoms with Crippen LogP contribution in [-0.2, 0) is 9.59 Å².